The smallest absolute Gasteiger partial charge is 0.254 e. The van der Waals surface area contributed by atoms with E-state index in [4.69, 9.17) is 5.73 Å². The third-order valence-corrected chi connectivity index (χ3v) is 4.11. The van der Waals surface area contributed by atoms with Crippen LogP contribution >= 0.6 is 0 Å². The molecule has 20 heavy (non-hydrogen) atoms. The van der Waals surface area contributed by atoms with Gasteiger partial charge in [-0.15, -0.1) is 5.10 Å². The van der Waals surface area contributed by atoms with Crippen molar-refractivity contribution in [3.8, 4) is 0 Å². The first kappa shape index (κ1) is 13.1. The molecular weight excluding hydrogens is 254 g/mol. The highest BCUT2D eigenvalue weighted by Gasteiger charge is 2.32. The van der Waals surface area contributed by atoms with E-state index in [2.05, 4.69) is 17.2 Å². The van der Waals surface area contributed by atoms with Gasteiger partial charge in [-0.25, -0.2) is 4.68 Å². The van der Waals surface area contributed by atoms with Crippen LogP contribution in [0.5, 0.6) is 0 Å². The molecule has 1 aromatic carbocycles. The molecule has 3 rings (SSSR count). The molecule has 1 aliphatic heterocycles. The molecule has 6 heteroatoms. The number of rotatable bonds is 2. The maximum Gasteiger partial charge on any atom is 0.254 e. The van der Waals surface area contributed by atoms with Gasteiger partial charge in [0.15, 0.2) is 0 Å². The second-order valence-corrected chi connectivity index (χ2v) is 5.56. The molecule has 106 valence electrons. The molecule has 0 bridgehead atoms. The van der Waals surface area contributed by atoms with E-state index in [-0.39, 0.29) is 11.9 Å². The van der Waals surface area contributed by atoms with Crippen LogP contribution in [0.1, 0.15) is 23.7 Å². The van der Waals surface area contributed by atoms with E-state index in [0.29, 0.717) is 18.0 Å². The summed E-state index contributed by atoms with van der Waals surface area (Å²) in [6.45, 7) is 3.46. The van der Waals surface area contributed by atoms with Crippen LogP contribution in [0.2, 0.25) is 0 Å². The highest BCUT2D eigenvalue weighted by molar-refractivity contribution is 5.97. The number of aryl methyl sites for hydroxylation is 1. The van der Waals surface area contributed by atoms with Crippen LogP contribution < -0.4 is 5.73 Å². The van der Waals surface area contributed by atoms with Crippen molar-refractivity contribution in [2.45, 2.75) is 19.4 Å². The maximum absolute atomic E-state index is 12.6. The SMILES string of the molecule is CC1CC(CN)CN1C(=O)c1ccc2c(c1)nnn2C. The lowest BCUT2D eigenvalue weighted by Crippen LogP contribution is -2.34. The summed E-state index contributed by atoms with van der Waals surface area (Å²) in [6, 6.07) is 5.79. The van der Waals surface area contributed by atoms with Crippen LogP contribution in [-0.2, 0) is 7.05 Å². The van der Waals surface area contributed by atoms with Crippen molar-refractivity contribution in [1.29, 1.82) is 0 Å². The van der Waals surface area contributed by atoms with Gasteiger partial charge < -0.3 is 10.6 Å². The zero-order valence-corrected chi connectivity index (χ0v) is 11.8. The highest BCUT2D eigenvalue weighted by Crippen LogP contribution is 2.25. The van der Waals surface area contributed by atoms with E-state index in [0.717, 1.165) is 24.0 Å². The van der Waals surface area contributed by atoms with Crippen molar-refractivity contribution >= 4 is 16.9 Å². The predicted molar refractivity (Wildman–Crippen MR) is 76.2 cm³/mol. The highest BCUT2D eigenvalue weighted by atomic mass is 16.2. The van der Waals surface area contributed by atoms with E-state index in [1.54, 1.807) is 4.68 Å². The van der Waals surface area contributed by atoms with E-state index in [1.165, 1.54) is 0 Å². The second kappa shape index (κ2) is 4.86. The summed E-state index contributed by atoms with van der Waals surface area (Å²) in [4.78, 5) is 14.5. The topological polar surface area (TPSA) is 77.0 Å². The van der Waals surface area contributed by atoms with Gasteiger partial charge in [0.05, 0.1) is 5.52 Å². The molecule has 0 radical (unpaired) electrons. The fraction of sp³-hybridized carbons (Fsp3) is 0.500. The predicted octanol–water partition coefficient (Wildman–Crippen LogP) is 0.778. The summed E-state index contributed by atoms with van der Waals surface area (Å²) in [5, 5.41) is 8.02. The molecule has 0 aliphatic carbocycles. The maximum atomic E-state index is 12.6. The molecular formula is C14H19N5O. The Kier molecular flexibility index (Phi) is 3.17. The van der Waals surface area contributed by atoms with Crippen molar-refractivity contribution in [2.75, 3.05) is 13.1 Å². The molecule has 0 saturated carbocycles. The first-order valence-corrected chi connectivity index (χ1v) is 6.90. The fourth-order valence-electron chi connectivity index (χ4n) is 2.94. The van der Waals surface area contributed by atoms with Gasteiger partial charge in [-0.05, 0) is 44.0 Å². The summed E-state index contributed by atoms with van der Waals surface area (Å²) in [5.74, 6) is 0.468. The normalized spacial score (nSPS) is 22.6. The van der Waals surface area contributed by atoms with E-state index >= 15 is 0 Å². The zero-order valence-electron chi connectivity index (χ0n) is 11.8. The molecule has 2 unspecified atom stereocenters. The number of nitrogens with two attached hydrogens (primary N) is 1. The van der Waals surface area contributed by atoms with E-state index in [9.17, 15) is 4.79 Å². The molecule has 2 heterocycles. The number of aromatic nitrogens is 3. The van der Waals surface area contributed by atoms with Gasteiger partial charge in [-0.3, -0.25) is 4.79 Å². The van der Waals surface area contributed by atoms with Crippen molar-refractivity contribution in [2.24, 2.45) is 18.7 Å². The molecule has 2 aromatic rings. The number of amides is 1. The second-order valence-electron chi connectivity index (χ2n) is 5.56. The number of carbonyl (C=O) groups excluding carboxylic acids is 1. The Labute approximate surface area is 117 Å². The molecule has 1 amide bonds. The van der Waals surface area contributed by atoms with Crippen LogP contribution in [0.4, 0.5) is 0 Å². The summed E-state index contributed by atoms with van der Waals surface area (Å²) in [7, 11) is 1.84. The number of likely N-dealkylation sites (tertiary alicyclic amines) is 1. The first-order valence-electron chi connectivity index (χ1n) is 6.90. The van der Waals surface area contributed by atoms with Crippen LogP contribution in [0, 0.1) is 5.92 Å². The van der Waals surface area contributed by atoms with Crippen LogP contribution in [-0.4, -0.2) is 44.9 Å². The van der Waals surface area contributed by atoms with Crippen LogP contribution in [0.3, 0.4) is 0 Å². The Balaban J connectivity index is 1.88. The van der Waals surface area contributed by atoms with Gasteiger partial charge in [0.1, 0.15) is 5.52 Å². The molecule has 1 fully saturated rings. The quantitative estimate of drug-likeness (QED) is 0.877. The largest absolute Gasteiger partial charge is 0.336 e. The minimum absolute atomic E-state index is 0.0565. The standard InChI is InChI=1S/C14H19N5O/c1-9-5-10(7-15)8-19(9)14(20)11-3-4-13-12(6-11)16-17-18(13)2/h3-4,6,9-10H,5,7-8,15H2,1-2H3. The Bertz CT molecular complexity index is 650. The minimum atomic E-state index is 0.0565. The van der Waals surface area contributed by atoms with Crippen LogP contribution in [0.15, 0.2) is 18.2 Å². The lowest BCUT2D eigenvalue weighted by molar-refractivity contribution is 0.0743. The molecule has 0 spiro atoms. The summed E-state index contributed by atoms with van der Waals surface area (Å²) in [5.41, 5.74) is 8.06. The van der Waals surface area contributed by atoms with Crippen LogP contribution in [0.25, 0.3) is 11.0 Å². The summed E-state index contributed by atoms with van der Waals surface area (Å²) >= 11 is 0. The van der Waals surface area contributed by atoms with Crippen molar-refractivity contribution in [3.63, 3.8) is 0 Å². The van der Waals surface area contributed by atoms with Gasteiger partial charge in [0, 0.05) is 25.2 Å². The minimum Gasteiger partial charge on any atom is -0.336 e. The number of hydrogen-bond donors (Lipinski definition) is 1. The lowest BCUT2D eigenvalue weighted by atomic mass is 10.1. The Morgan fingerprint density at radius 3 is 3.00 bits per heavy atom. The third-order valence-electron chi connectivity index (χ3n) is 4.11. The van der Waals surface area contributed by atoms with Gasteiger partial charge >= 0.3 is 0 Å². The number of benzene rings is 1. The molecule has 2 N–H and O–H groups in total. The monoisotopic (exact) mass is 273 g/mol. The number of nitrogens with zero attached hydrogens (tertiary/aromatic N) is 4. The molecule has 1 saturated heterocycles. The average molecular weight is 273 g/mol. The van der Waals surface area contributed by atoms with Crippen molar-refractivity contribution < 1.29 is 4.79 Å². The van der Waals surface area contributed by atoms with Gasteiger partial charge in [0.2, 0.25) is 0 Å². The fourth-order valence-corrected chi connectivity index (χ4v) is 2.94. The Hall–Kier alpha value is -1.95. The Morgan fingerprint density at radius 2 is 2.30 bits per heavy atom. The van der Waals surface area contributed by atoms with E-state index < -0.39 is 0 Å². The number of hydrogen-bond acceptors (Lipinski definition) is 4. The summed E-state index contributed by atoms with van der Waals surface area (Å²) in [6.07, 6.45) is 0.982. The van der Waals surface area contributed by atoms with Crippen molar-refractivity contribution in [1.82, 2.24) is 19.9 Å². The van der Waals surface area contributed by atoms with Gasteiger partial charge in [-0.2, -0.15) is 0 Å². The molecule has 1 aliphatic rings. The molecule has 6 nitrogen and oxygen atoms in total. The van der Waals surface area contributed by atoms with Gasteiger partial charge in [0.25, 0.3) is 5.91 Å². The first-order chi connectivity index (χ1) is 9.60. The number of fused-ring (bicyclic) bond motifs is 1. The lowest BCUT2D eigenvalue weighted by Gasteiger charge is -2.21. The molecule has 2 atom stereocenters. The number of carbonyl (C=O) groups is 1. The third kappa shape index (κ3) is 2.06. The average Bonchev–Trinajstić information content (AvgIpc) is 3.01. The van der Waals surface area contributed by atoms with E-state index in [1.807, 2.05) is 30.1 Å². The van der Waals surface area contributed by atoms with Gasteiger partial charge in [-0.1, -0.05) is 5.21 Å². The zero-order chi connectivity index (χ0) is 14.3. The summed E-state index contributed by atoms with van der Waals surface area (Å²) < 4.78 is 1.70. The van der Waals surface area contributed by atoms with Crippen molar-refractivity contribution in [3.05, 3.63) is 23.8 Å². The Morgan fingerprint density at radius 1 is 1.50 bits per heavy atom. The molecule has 1 aromatic heterocycles.